The first-order valence-corrected chi connectivity index (χ1v) is 3.70. The maximum atomic E-state index is 9.32. The van der Waals surface area contributed by atoms with Crippen molar-refractivity contribution in [3.63, 3.8) is 0 Å². The lowest BCUT2D eigenvalue weighted by molar-refractivity contribution is 0.199. The number of benzene rings is 1. The maximum Gasteiger partial charge on any atom is 0.0762 e. The summed E-state index contributed by atoms with van der Waals surface area (Å²) in [6.45, 7) is 1.34. The molecule has 0 heterocycles. The molecule has 1 atom stereocenters. The second-order valence-electron chi connectivity index (χ2n) is 2.00. The summed E-state index contributed by atoms with van der Waals surface area (Å²) in [6, 6.07) is 5.13. The molecule has 1 N–H and O–H groups in total. The van der Waals surface area contributed by atoms with E-state index in [0.717, 1.165) is 0 Å². The zero-order valence-electron chi connectivity index (χ0n) is 7.56. The van der Waals surface area contributed by atoms with Crippen LogP contribution in [0.15, 0.2) is 28.7 Å². The molecule has 0 bridgehead atoms. The summed E-state index contributed by atoms with van der Waals surface area (Å²) in [5, 5.41) is 9.32. The van der Waals surface area contributed by atoms with Crippen molar-refractivity contribution in [1.82, 2.24) is 0 Å². The molecule has 54 valence electrons. The van der Waals surface area contributed by atoms with Crippen molar-refractivity contribution in [2.45, 2.75) is 13.0 Å². The highest BCUT2D eigenvalue weighted by molar-refractivity contribution is 9.10. The highest BCUT2D eigenvalue weighted by atomic mass is 79.9. The van der Waals surface area contributed by atoms with Crippen molar-refractivity contribution in [3.05, 3.63) is 34.3 Å². The van der Waals surface area contributed by atoms with Gasteiger partial charge in [-0.2, -0.15) is 0 Å². The van der Waals surface area contributed by atoms with Gasteiger partial charge in [-0.25, -0.2) is 0 Å². The van der Waals surface area contributed by atoms with Gasteiger partial charge in [-0.3, -0.25) is 0 Å². The van der Waals surface area contributed by atoms with Crippen molar-refractivity contribution in [2.75, 3.05) is 0 Å². The Kier molecular flexibility index (Phi) is 1.69. The van der Waals surface area contributed by atoms with Gasteiger partial charge < -0.3 is 5.11 Å². The van der Waals surface area contributed by atoms with Crippen LogP contribution in [0.2, 0.25) is 0 Å². The number of halogens is 1. The molecule has 0 aliphatic heterocycles. The Morgan fingerprint density at radius 3 is 3.00 bits per heavy atom. The Bertz CT molecular complexity index is 294. The first kappa shape index (κ1) is 5.33. The van der Waals surface area contributed by atoms with Crippen LogP contribution in [0, 0.1) is 0 Å². The van der Waals surface area contributed by atoms with E-state index in [1.807, 2.05) is 0 Å². The average molecular weight is 203 g/mol. The van der Waals surface area contributed by atoms with Crippen molar-refractivity contribution in [2.24, 2.45) is 0 Å². The average Bonchev–Trinajstić information content (AvgIpc) is 1.92. The lowest BCUT2D eigenvalue weighted by atomic mass is 10.1. The third kappa shape index (κ3) is 1.82. The van der Waals surface area contributed by atoms with E-state index in [2.05, 4.69) is 15.9 Å². The highest BCUT2D eigenvalue weighted by Gasteiger charge is 1.98. The molecule has 0 spiro atoms. The summed E-state index contributed by atoms with van der Waals surface area (Å²) in [5.74, 6) is 0. The number of rotatable bonds is 1. The first-order chi connectivity index (χ1) is 5.43. The second-order valence-corrected chi connectivity index (χ2v) is 2.85. The summed E-state index contributed by atoms with van der Waals surface area (Å²) in [4.78, 5) is 0. The standard InChI is InChI=1S/C8H9BrO/c1-6(10)7-3-2-4-8(9)5-7/h2-6,10H,1H3/t6-/m1/s1/i5D,6D. The fourth-order valence-corrected chi connectivity index (χ4v) is 1.02. The van der Waals surface area contributed by atoms with Crippen LogP contribution in [0.4, 0.5) is 0 Å². The van der Waals surface area contributed by atoms with Gasteiger partial charge in [0, 0.05) is 4.47 Å². The molecule has 0 aromatic heterocycles. The van der Waals surface area contributed by atoms with E-state index < -0.39 is 6.08 Å². The molecule has 10 heavy (non-hydrogen) atoms. The second kappa shape index (κ2) is 3.17. The Morgan fingerprint density at radius 2 is 2.50 bits per heavy atom. The van der Waals surface area contributed by atoms with Crippen LogP contribution in [0.25, 0.3) is 0 Å². The molecule has 0 aliphatic carbocycles. The molecule has 1 aromatic carbocycles. The lowest BCUT2D eigenvalue weighted by Gasteiger charge is -2.02. The van der Waals surface area contributed by atoms with Gasteiger partial charge in [-0.05, 0) is 24.6 Å². The Hall–Kier alpha value is -0.340. The van der Waals surface area contributed by atoms with E-state index in [1.165, 1.54) is 6.92 Å². The third-order valence-corrected chi connectivity index (χ3v) is 1.61. The normalized spacial score (nSPS) is 19.1. The van der Waals surface area contributed by atoms with Crippen molar-refractivity contribution in [3.8, 4) is 0 Å². The van der Waals surface area contributed by atoms with Crippen LogP contribution in [0.3, 0.4) is 0 Å². The summed E-state index contributed by atoms with van der Waals surface area (Å²) < 4.78 is 15.4. The predicted octanol–water partition coefficient (Wildman–Crippen LogP) is 2.50. The van der Waals surface area contributed by atoms with Gasteiger partial charge in [0.2, 0.25) is 0 Å². The first-order valence-electron chi connectivity index (χ1n) is 3.91. The van der Waals surface area contributed by atoms with Gasteiger partial charge in [-0.1, -0.05) is 28.1 Å². The molecule has 0 aliphatic rings. The Morgan fingerprint density at radius 1 is 1.80 bits per heavy atom. The molecule has 0 unspecified atom stereocenters. The summed E-state index contributed by atoms with van der Waals surface area (Å²) >= 11 is 3.16. The Labute approximate surface area is 71.6 Å². The highest BCUT2D eigenvalue weighted by Crippen LogP contribution is 2.16. The van der Waals surface area contributed by atoms with Crippen LogP contribution >= 0.6 is 15.9 Å². The van der Waals surface area contributed by atoms with Crippen LogP contribution in [-0.2, 0) is 0 Å². The van der Waals surface area contributed by atoms with Gasteiger partial charge in [0.15, 0.2) is 0 Å². The summed E-state index contributed by atoms with van der Waals surface area (Å²) in [6.07, 6.45) is -1.69. The lowest BCUT2D eigenvalue weighted by Crippen LogP contribution is -1.88. The van der Waals surface area contributed by atoms with E-state index in [-0.39, 0.29) is 6.04 Å². The van der Waals surface area contributed by atoms with Crippen LogP contribution < -0.4 is 0 Å². The van der Waals surface area contributed by atoms with E-state index in [1.54, 1.807) is 18.2 Å². The van der Waals surface area contributed by atoms with Gasteiger partial charge in [-0.15, -0.1) is 0 Å². The van der Waals surface area contributed by atoms with Gasteiger partial charge in [0.05, 0.1) is 8.82 Å². The van der Waals surface area contributed by atoms with Crippen LogP contribution in [0.1, 0.15) is 21.3 Å². The van der Waals surface area contributed by atoms with Gasteiger partial charge in [0.1, 0.15) is 0 Å². The maximum absolute atomic E-state index is 9.32. The predicted molar refractivity (Wildman–Crippen MR) is 44.8 cm³/mol. The third-order valence-electron chi connectivity index (χ3n) is 1.15. The van der Waals surface area contributed by atoms with E-state index in [0.29, 0.717) is 10.0 Å². The minimum atomic E-state index is -1.69. The molecule has 2 heteroatoms. The van der Waals surface area contributed by atoms with Gasteiger partial charge in [0.25, 0.3) is 0 Å². The molecule has 0 amide bonds. The van der Waals surface area contributed by atoms with E-state index in [4.69, 9.17) is 2.74 Å². The summed E-state index contributed by atoms with van der Waals surface area (Å²) in [5.41, 5.74) is 0.303. The fourth-order valence-electron chi connectivity index (χ4n) is 0.652. The van der Waals surface area contributed by atoms with Crippen molar-refractivity contribution in [1.29, 1.82) is 0 Å². The topological polar surface area (TPSA) is 20.2 Å². The largest absolute Gasteiger partial charge is 0.389 e. The molecule has 0 saturated carbocycles. The minimum Gasteiger partial charge on any atom is -0.389 e. The van der Waals surface area contributed by atoms with E-state index in [9.17, 15) is 5.11 Å². The van der Waals surface area contributed by atoms with Crippen molar-refractivity contribution >= 4 is 15.9 Å². The SMILES string of the molecule is [2H]c1c(Br)cccc1[C@@]([2H])(C)O. The minimum absolute atomic E-state index is 0.164. The van der Waals surface area contributed by atoms with Crippen molar-refractivity contribution < 1.29 is 7.85 Å². The number of hydrogen-bond acceptors (Lipinski definition) is 1. The molecular weight excluding hydrogens is 192 g/mol. The molecular formula is C8H9BrO. The molecule has 0 fully saturated rings. The molecule has 1 rings (SSSR count). The molecule has 0 radical (unpaired) electrons. The zero-order valence-corrected chi connectivity index (χ0v) is 7.14. The quantitative estimate of drug-likeness (QED) is 0.743. The molecule has 0 saturated heterocycles. The van der Waals surface area contributed by atoms with E-state index >= 15 is 0 Å². The van der Waals surface area contributed by atoms with Gasteiger partial charge >= 0.3 is 0 Å². The molecule has 1 aromatic rings. The monoisotopic (exact) mass is 202 g/mol. The number of hydrogen-bond donors (Lipinski definition) is 1. The zero-order chi connectivity index (χ0) is 9.35. The fraction of sp³-hybridized carbons (Fsp3) is 0.250. The molecule has 1 nitrogen and oxygen atoms in total. The smallest absolute Gasteiger partial charge is 0.0762 e. The van der Waals surface area contributed by atoms with Crippen LogP contribution in [-0.4, -0.2) is 5.11 Å². The number of aliphatic hydroxyl groups is 1. The van der Waals surface area contributed by atoms with Crippen LogP contribution in [0.5, 0.6) is 0 Å². The Balaban J connectivity index is 3.26. The summed E-state index contributed by atoms with van der Waals surface area (Å²) in [7, 11) is 0.